The maximum atomic E-state index is 12.5. The van der Waals surface area contributed by atoms with Crippen LogP contribution in [0.4, 0.5) is 0 Å². The lowest BCUT2D eigenvalue weighted by Crippen LogP contribution is -2.45. The van der Waals surface area contributed by atoms with Gasteiger partial charge in [-0.25, -0.2) is 0 Å². The van der Waals surface area contributed by atoms with E-state index >= 15 is 0 Å². The Labute approximate surface area is 495 Å². The van der Waals surface area contributed by atoms with E-state index in [2.05, 4.69) is 31.3 Å². The highest BCUT2D eigenvalue weighted by atomic mass is 16.5. The van der Waals surface area contributed by atoms with E-state index in [-0.39, 0.29) is 18.5 Å². The van der Waals surface area contributed by atoms with Crippen molar-refractivity contribution >= 4 is 11.9 Å². The molecule has 470 valence electrons. The number of allylic oxidation sites excluding steroid dienone is 2. The minimum absolute atomic E-state index is 0.0119. The van der Waals surface area contributed by atoms with E-state index in [9.17, 15) is 19.8 Å². The minimum atomic E-state index is -0.662. The summed E-state index contributed by atoms with van der Waals surface area (Å²) in [5.74, 6) is -0.0148. The molecule has 0 aliphatic carbocycles. The minimum Gasteiger partial charge on any atom is -0.466 e. The van der Waals surface area contributed by atoms with Crippen molar-refractivity contribution in [2.24, 2.45) is 0 Å². The van der Waals surface area contributed by atoms with Gasteiger partial charge in [-0.1, -0.05) is 366 Å². The van der Waals surface area contributed by atoms with Gasteiger partial charge in [0, 0.05) is 12.8 Å². The highest BCUT2D eigenvalue weighted by Gasteiger charge is 2.20. The zero-order chi connectivity index (χ0) is 57.1. The Morgan fingerprint density at radius 2 is 0.595 bits per heavy atom. The Hall–Kier alpha value is -1.40. The summed E-state index contributed by atoms with van der Waals surface area (Å²) >= 11 is 0. The second kappa shape index (κ2) is 69.1. The lowest BCUT2D eigenvalue weighted by atomic mass is 10.0. The largest absolute Gasteiger partial charge is 0.466 e. The van der Waals surface area contributed by atoms with E-state index < -0.39 is 12.1 Å². The molecule has 0 aliphatic rings. The summed E-state index contributed by atoms with van der Waals surface area (Å²) in [4.78, 5) is 24.6. The first kappa shape index (κ1) is 77.6. The molecule has 0 rings (SSSR count). The fourth-order valence-electron chi connectivity index (χ4n) is 11.8. The summed E-state index contributed by atoms with van der Waals surface area (Å²) in [6.45, 7) is 4.99. The maximum Gasteiger partial charge on any atom is 0.305 e. The van der Waals surface area contributed by atoms with Crippen molar-refractivity contribution in [1.82, 2.24) is 5.32 Å². The normalized spacial score (nSPS) is 12.5. The molecule has 79 heavy (non-hydrogen) atoms. The van der Waals surface area contributed by atoms with Gasteiger partial charge >= 0.3 is 5.97 Å². The molecule has 0 aromatic carbocycles. The van der Waals surface area contributed by atoms with Crippen molar-refractivity contribution in [1.29, 1.82) is 0 Å². The van der Waals surface area contributed by atoms with Crippen LogP contribution in [0.2, 0.25) is 0 Å². The third-order valence-corrected chi connectivity index (χ3v) is 17.3. The standard InChI is InChI=1S/C73H143NO5/c1-3-5-7-9-11-13-15-17-19-20-32-35-38-41-45-49-53-57-61-65-71(76)70(69-75)74-72(77)66-62-58-54-50-46-42-39-36-33-30-28-26-24-22-21-23-25-27-29-31-34-37-40-44-48-52-56-60-64-68-79-73(78)67-63-59-55-51-47-43-18-16-14-12-10-8-6-4-2/h16,18,70-71,75-76H,3-15,17,19-69H2,1-2H3,(H,74,77)/b18-16-. The van der Waals surface area contributed by atoms with E-state index in [4.69, 9.17) is 4.74 Å². The van der Waals surface area contributed by atoms with Crippen LogP contribution in [0, 0.1) is 0 Å². The molecular formula is C73H143NO5. The summed E-state index contributed by atoms with van der Waals surface area (Å²) < 4.78 is 5.49. The molecule has 0 aromatic rings. The Morgan fingerprint density at radius 3 is 0.899 bits per heavy atom. The second-order valence-corrected chi connectivity index (χ2v) is 25.3. The molecule has 6 nitrogen and oxygen atoms in total. The van der Waals surface area contributed by atoms with Crippen LogP contribution in [0.1, 0.15) is 418 Å². The SMILES string of the molecule is CCCCCCC/C=C\CCCCCCCC(=O)OCCCCCCCCCCCCCCCCCCCCCCCCCCCCCCCC(=O)NC(CO)C(O)CCCCCCCCCCCCCCCCCCCCC. The number of esters is 1. The van der Waals surface area contributed by atoms with E-state index in [1.807, 2.05) is 0 Å². The van der Waals surface area contributed by atoms with Gasteiger partial charge in [0.15, 0.2) is 0 Å². The van der Waals surface area contributed by atoms with Crippen LogP contribution >= 0.6 is 0 Å². The number of nitrogens with one attached hydrogen (secondary N) is 1. The molecular weight excluding hydrogens is 971 g/mol. The van der Waals surface area contributed by atoms with Crippen LogP contribution in [0.3, 0.4) is 0 Å². The fourth-order valence-corrected chi connectivity index (χ4v) is 11.8. The predicted molar refractivity (Wildman–Crippen MR) is 347 cm³/mol. The quantitative estimate of drug-likeness (QED) is 0.0320. The molecule has 0 saturated heterocycles. The van der Waals surface area contributed by atoms with Gasteiger partial charge in [-0.05, 0) is 51.4 Å². The first-order valence-electron chi connectivity index (χ1n) is 36.4. The molecule has 0 aromatic heterocycles. The van der Waals surface area contributed by atoms with Gasteiger partial charge in [0.2, 0.25) is 5.91 Å². The van der Waals surface area contributed by atoms with E-state index in [1.165, 1.54) is 340 Å². The molecule has 3 N–H and O–H groups in total. The highest BCUT2D eigenvalue weighted by Crippen LogP contribution is 2.20. The topological polar surface area (TPSA) is 95.9 Å². The van der Waals surface area contributed by atoms with E-state index in [0.717, 1.165) is 44.9 Å². The number of aliphatic hydroxyl groups excluding tert-OH is 2. The van der Waals surface area contributed by atoms with Gasteiger partial charge < -0.3 is 20.3 Å². The lowest BCUT2D eigenvalue weighted by molar-refractivity contribution is -0.143. The fraction of sp³-hybridized carbons (Fsp3) is 0.945. The molecule has 0 fully saturated rings. The summed E-state index contributed by atoms with van der Waals surface area (Å²) in [5, 5.41) is 23.4. The second-order valence-electron chi connectivity index (χ2n) is 25.3. The molecule has 0 aliphatic heterocycles. The average molecular weight is 1110 g/mol. The van der Waals surface area contributed by atoms with Crippen molar-refractivity contribution in [3.63, 3.8) is 0 Å². The number of unbranched alkanes of at least 4 members (excludes halogenated alkanes) is 56. The van der Waals surface area contributed by atoms with Crippen LogP contribution in [0.15, 0.2) is 12.2 Å². The Bertz CT molecular complexity index is 1190. The van der Waals surface area contributed by atoms with Crippen LogP contribution in [-0.2, 0) is 14.3 Å². The number of hydrogen-bond donors (Lipinski definition) is 3. The van der Waals surface area contributed by atoms with Gasteiger partial charge in [-0.2, -0.15) is 0 Å². The number of rotatable bonds is 69. The monoisotopic (exact) mass is 1110 g/mol. The molecule has 0 spiro atoms. The molecule has 0 bridgehead atoms. The number of aliphatic hydroxyl groups is 2. The Kier molecular flexibility index (Phi) is 67.9. The van der Waals surface area contributed by atoms with Crippen molar-refractivity contribution in [2.45, 2.75) is 431 Å². The molecule has 2 atom stereocenters. The molecule has 6 heteroatoms. The third kappa shape index (κ3) is 65.6. The van der Waals surface area contributed by atoms with Crippen LogP contribution in [0.5, 0.6) is 0 Å². The van der Waals surface area contributed by atoms with Crippen molar-refractivity contribution in [2.75, 3.05) is 13.2 Å². The van der Waals surface area contributed by atoms with E-state index in [1.54, 1.807) is 0 Å². The summed E-state index contributed by atoms with van der Waals surface area (Å²) in [5.41, 5.74) is 0. The summed E-state index contributed by atoms with van der Waals surface area (Å²) in [6, 6.07) is -0.539. The number of ether oxygens (including phenoxy) is 1. The van der Waals surface area contributed by atoms with Gasteiger partial charge in [-0.15, -0.1) is 0 Å². The Morgan fingerprint density at radius 1 is 0.342 bits per heavy atom. The van der Waals surface area contributed by atoms with Crippen molar-refractivity contribution < 1.29 is 24.5 Å². The summed E-state index contributed by atoms with van der Waals surface area (Å²) in [6.07, 6.45) is 85.6. The molecule has 1 amide bonds. The van der Waals surface area contributed by atoms with Crippen LogP contribution in [0.25, 0.3) is 0 Å². The predicted octanol–water partition coefficient (Wildman–Crippen LogP) is 23.5. The van der Waals surface area contributed by atoms with Gasteiger partial charge in [0.05, 0.1) is 25.4 Å². The number of amides is 1. The maximum absolute atomic E-state index is 12.5. The summed E-state index contributed by atoms with van der Waals surface area (Å²) in [7, 11) is 0. The molecule has 0 radical (unpaired) electrons. The Balaban J connectivity index is 3.33. The number of carbonyl (C=O) groups excluding carboxylic acids is 2. The lowest BCUT2D eigenvalue weighted by Gasteiger charge is -2.22. The highest BCUT2D eigenvalue weighted by molar-refractivity contribution is 5.76. The zero-order valence-electron chi connectivity index (χ0n) is 53.9. The number of hydrogen-bond acceptors (Lipinski definition) is 5. The molecule has 2 unspecified atom stereocenters. The van der Waals surface area contributed by atoms with E-state index in [0.29, 0.717) is 25.9 Å². The zero-order valence-corrected chi connectivity index (χ0v) is 53.9. The number of carbonyl (C=O) groups is 2. The van der Waals surface area contributed by atoms with Crippen molar-refractivity contribution in [3.8, 4) is 0 Å². The average Bonchev–Trinajstić information content (AvgIpc) is 3.45. The first-order chi connectivity index (χ1) is 39.0. The molecule has 0 heterocycles. The first-order valence-corrected chi connectivity index (χ1v) is 36.4. The van der Waals surface area contributed by atoms with Crippen LogP contribution in [-0.4, -0.2) is 47.4 Å². The molecule has 0 saturated carbocycles. The third-order valence-electron chi connectivity index (χ3n) is 17.3. The smallest absolute Gasteiger partial charge is 0.305 e. The van der Waals surface area contributed by atoms with Crippen molar-refractivity contribution in [3.05, 3.63) is 12.2 Å². The van der Waals surface area contributed by atoms with Crippen LogP contribution < -0.4 is 5.32 Å². The van der Waals surface area contributed by atoms with Gasteiger partial charge in [-0.3, -0.25) is 9.59 Å². The van der Waals surface area contributed by atoms with Gasteiger partial charge in [0.1, 0.15) is 0 Å². The van der Waals surface area contributed by atoms with Gasteiger partial charge in [0.25, 0.3) is 0 Å².